The van der Waals surface area contributed by atoms with Gasteiger partial charge in [-0.3, -0.25) is 0 Å². The minimum absolute atomic E-state index is 0.376. The van der Waals surface area contributed by atoms with E-state index in [4.69, 9.17) is 5.73 Å². The summed E-state index contributed by atoms with van der Waals surface area (Å²) in [5, 5.41) is 3.10. The van der Waals surface area contributed by atoms with Crippen LogP contribution in [0.1, 0.15) is 12.8 Å². The lowest BCUT2D eigenvalue weighted by Gasteiger charge is -2.06. The van der Waals surface area contributed by atoms with E-state index in [1.165, 1.54) is 25.1 Å². The molecule has 0 atom stereocenters. The summed E-state index contributed by atoms with van der Waals surface area (Å²) in [7, 11) is 0. The van der Waals surface area contributed by atoms with Gasteiger partial charge in [-0.15, -0.1) is 0 Å². The zero-order chi connectivity index (χ0) is 9.26. The van der Waals surface area contributed by atoms with E-state index in [9.17, 15) is 4.39 Å². The summed E-state index contributed by atoms with van der Waals surface area (Å²) in [4.78, 5) is 3.87. The van der Waals surface area contributed by atoms with Gasteiger partial charge in [0, 0.05) is 12.6 Å². The van der Waals surface area contributed by atoms with Crippen LogP contribution in [0.5, 0.6) is 0 Å². The summed E-state index contributed by atoms with van der Waals surface area (Å²) in [6, 6.07) is 1.28. The van der Waals surface area contributed by atoms with Crippen LogP contribution in [0.15, 0.2) is 12.3 Å². The van der Waals surface area contributed by atoms with E-state index in [0.717, 1.165) is 12.5 Å². The number of nitrogens with zero attached hydrogens (tertiary/aromatic N) is 1. The van der Waals surface area contributed by atoms with Crippen molar-refractivity contribution in [1.29, 1.82) is 0 Å². The zero-order valence-electron chi connectivity index (χ0n) is 7.26. The molecule has 1 aliphatic carbocycles. The minimum atomic E-state index is -0.394. The summed E-state index contributed by atoms with van der Waals surface area (Å²) in [6.07, 6.45) is 3.72. The molecule has 3 N–H and O–H groups in total. The highest BCUT2D eigenvalue weighted by Crippen LogP contribution is 2.29. The van der Waals surface area contributed by atoms with Crippen molar-refractivity contribution in [3.8, 4) is 0 Å². The molecule has 3 nitrogen and oxygen atoms in total. The number of aromatic nitrogens is 1. The summed E-state index contributed by atoms with van der Waals surface area (Å²) >= 11 is 0. The van der Waals surface area contributed by atoms with E-state index in [0.29, 0.717) is 11.5 Å². The monoisotopic (exact) mass is 181 g/mol. The molecule has 1 fully saturated rings. The Morgan fingerprint density at radius 2 is 2.38 bits per heavy atom. The molecule has 0 radical (unpaired) electrons. The molecule has 1 saturated carbocycles. The minimum Gasteiger partial charge on any atom is -0.396 e. The fourth-order valence-electron chi connectivity index (χ4n) is 1.17. The molecule has 1 aromatic rings. The molecule has 0 unspecified atom stereocenters. The zero-order valence-corrected chi connectivity index (χ0v) is 7.26. The Kier molecular flexibility index (Phi) is 2.04. The highest BCUT2D eigenvalue weighted by molar-refractivity contribution is 5.60. The summed E-state index contributed by atoms with van der Waals surface area (Å²) in [5.74, 6) is 0.953. The molecule has 0 aliphatic heterocycles. The van der Waals surface area contributed by atoms with Crippen LogP contribution >= 0.6 is 0 Å². The van der Waals surface area contributed by atoms with Crippen LogP contribution in [-0.2, 0) is 0 Å². The van der Waals surface area contributed by atoms with Crippen molar-refractivity contribution < 1.29 is 4.39 Å². The van der Waals surface area contributed by atoms with Gasteiger partial charge in [0.05, 0.1) is 11.9 Å². The van der Waals surface area contributed by atoms with E-state index in [1.54, 1.807) is 0 Å². The van der Waals surface area contributed by atoms with Crippen LogP contribution in [0.4, 0.5) is 15.9 Å². The standard InChI is InChI=1S/C9H12FN3/c10-7-3-8(11)9(13-5-7)12-4-6-1-2-6/h3,5-6H,1-2,4,11H2,(H,12,13). The van der Waals surface area contributed by atoms with Gasteiger partial charge < -0.3 is 11.1 Å². The number of halogens is 1. The molecule has 13 heavy (non-hydrogen) atoms. The first kappa shape index (κ1) is 8.29. The lowest BCUT2D eigenvalue weighted by Crippen LogP contribution is -2.07. The van der Waals surface area contributed by atoms with Crippen molar-refractivity contribution in [2.75, 3.05) is 17.6 Å². The molecule has 0 amide bonds. The van der Waals surface area contributed by atoms with Gasteiger partial charge in [-0.2, -0.15) is 0 Å². The number of hydrogen-bond donors (Lipinski definition) is 2. The van der Waals surface area contributed by atoms with Gasteiger partial charge in [0.1, 0.15) is 11.6 Å². The SMILES string of the molecule is Nc1cc(F)cnc1NCC1CC1. The number of nitrogens with two attached hydrogens (primary N) is 1. The maximum atomic E-state index is 12.6. The van der Waals surface area contributed by atoms with Crippen molar-refractivity contribution in [3.05, 3.63) is 18.1 Å². The van der Waals surface area contributed by atoms with Crippen LogP contribution in [-0.4, -0.2) is 11.5 Å². The number of nitrogens with one attached hydrogen (secondary N) is 1. The number of pyridine rings is 1. The quantitative estimate of drug-likeness (QED) is 0.745. The normalized spacial score (nSPS) is 15.8. The van der Waals surface area contributed by atoms with Gasteiger partial charge in [-0.25, -0.2) is 9.37 Å². The summed E-state index contributed by atoms with van der Waals surface area (Å²) in [5.41, 5.74) is 5.94. The van der Waals surface area contributed by atoms with Crippen LogP contribution in [0, 0.1) is 11.7 Å². The maximum Gasteiger partial charge on any atom is 0.149 e. The summed E-state index contributed by atoms with van der Waals surface area (Å²) < 4.78 is 12.6. The van der Waals surface area contributed by atoms with E-state index in [1.807, 2.05) is 0 Å². The molecular formula is C9H12FN3. The Hall–Kier alpha value is -1.32. The fourth-order valence-corrected chi connectivity index (χ4v) is 1.17. The molecule has 1 aliphatic rings. The Bertz CT molecular complexity index is 310. The van der Waals surface area contributed by atoms with Crippen molar-refractivity contribution in [2.45, 2.75) is 12.8 Å². The lowest BCUT2D eigenvalue weighted by atomic mass is 10.3. The Balaban J connectivity index is 2.01. The fraction of sp³-hybridized carbons (Fsp3) is 0.444. The van der Waals surface area contributed by atoms with Crippen molar-refractivity contribution in [1.82, 2.24) is 4.98 Å². The third-order valence-electron chi connectivity index (χ3n) is 2.14. The Morgan fingerprint density at radius 1 is 1.62 bits per heavy atom. The molecule has 0 bridgehead atoms. The highest BCUT2D eigenvalue weighted by Gasteiger charge is 2.21. The largest absolute Gasteiger partial charge is 0.396 e. The molecule has 4 heteroatoms. The molecule has 0 spiro atoms. The first-order valence-corrected chi connectivity index (χ1v) is 4.40. The second-order valence-electron chi connectivity index (χ2n) is 3.42. The highest BCUT2D eigenvalue weighted by atomic mass is 19.1. The van der Waals surface area contributed by atoms with Gasteiger partial charge >= 0.3 is 0 Å². The van der Waals surface area contributed by atoms with E-state index < -0.39 is 5.82 Å². The topological polar surface area (TPSA) is 50.9 Å². The first-order chi connectivity index (χ1) is 6.25. The van der Waals surface area contributed by atoms with E-state index in [-0.39, 0.29) is 0 Å². The smallest absolute Gasteiger partial charge is 0.149 e. The van der Waals surface area contributed by atoms with E-state index in [2.05, 4.69) is 10.3 Å². The lowest BCUT2D eigenvalue weighted by molar-refractivity contribution is 0.622. The summed E-state index contributed by atoms with van der Waals surface area (Å²) in [6.45, 7) is 0.892. The van der Waals surface area contributed by atoms with Gasteiger partial charge in [0.2, 0.25) is 0 Å². The number of hydrogen-bond acceptors (Lipinski definition) is 3. The van der Waals surface area contributed by atoms with Crippen LogP contribution in [0.25, 0.3) is 0 Å². The molecule has 1 heterocycles. The third kappa shape index (κ3) is 2.08. The van der Waals surface area contributed by atoms with Crippen LogP contribution in [0.3, 0.4) is 0 Å². The number of rotatable bonds is 3. The van der Waals surface area contributed by atoms with Gasteiger partial charge in [0.15, 0.2) is 0 Å². The first-order valence-electron chi connectivity index (χ1n) is 4.40. The van der Waals surface area contributed by atoms with Gasteiger partial charge in [0.25, 0.3) is 0 Å². The number of anilines is 2. The van der Waals surface area contributed by atoms with Crippen LogP contribution in [0.2, 0.25) is 0 Å². The Labute approximate surface area is 76.2 Å². The predicted octanol–water partition coefficient (Wildman–Crippen LogP) is 1.62. The average Bonchev–Trinajstić information content (AvgIpc) is 2.86. The van der Waals surface area contributed by atoms with E-state index >= 15 is 0 Å². The molecule has 70 valence electrons. The van der Waals surface area contributed by atoms with Gasteiger partial charge in [-0.05, 0) is 18.8 Å². The predicted molar refractivity (Wildman–Crippen MR) is 49.8 cm³/mol. The Morgan fingerprint density at radius 3 is 3.00 bits per heavy atom. The second kappa shape index (κ2) is 3.20. The molecule has 1 aromatic heterocycles. The van der Waals surface area contributed by atoms with Gasteiger partial charge in [-0.1, -0.05) is 0 Å². The van der Waals surface area contributed by atoms with Crippen molar-refractivity contribution >= 4 is 11.5 Å². The number of nitrogen functional groups attached to an aromatic ring is 1. The second-order valence-corrected chi connectivity index (χ2v) is 3.42. The average molecular weight is 181 g/mol. The molecule has 2 rings (SSSR count). The van der Waals surface area contributed by atoms with Crippen molar-refractivity contribution in [2.24, 2.45) is 5.92 Å². The maximum absolute atomic E-state index is 12.6. The van der Waals surface area contributed by atoms with Crippen molar-refractivity contribution in [3.63, 3.8) is 0 Å². The third-order valence-corrected chi connectivity index (χ3v) is 2.14. The molecule has 0 saturated heterocycles. The molecular weight excluding hydrogens is 169 g/mol. The molecule has 0 aromatic carbocycles. The van der Waals surface area contributed by atoms with Crippen LogP contribution < -0.4 is 11.1 Å².